The second-order valence-electron chi connectivity index (χ2n) is 2.59. The van der Waals surface area contributed by atoms with Gasteiger partial charge in [-0.2, -0.15) is 0 Å². The summed E-state index contributed by atoms with van der Waals surface area (Å²) in [6.07, 6.45) is 0. The Morgan fingerprint density at radius 2 is 1.55 bits per heavy atom. The van der Waals surface area contributed by atoms with Crippen LogP contribution in [0.15, 0.2) is 18.2 Å². The third kappa shape index (κ3) is 2.99. The molecule has 0 N–H and O–H groups in total. The van der Waals surface area contributed by atoms with Crippen molar-refractivity contribution in [3.05, 3.63) is 34.9 Å². The monoisotopic (exact) mass is 150 g/mol. The summed E-state index contributed by atoms with van der Waals surface area (Å²) in [7, 11) is 0. The molecule has 0 spiro atoms. The Labute approximate surface area is 68.1 Å². The van der Waals surface area contributed by atoms with Crippen LogP contribution in [-0.2, 0) is 4.79 Å². The van der Waals surface area contributed by atoms with Crippen molar-refractivity contribution in [3.8, 4) is 0 Å². The van der Waals surface area contributed by atoms with Gasteiger partial charge in [0.25, 0.3) is 0 Å². The molecule has 60 valence electrons. The zero-order valence-electron chi connectivity index (χ0n) is 7.35. The largest absolute Gasteiger partial charge is 0.307 e. The third-order valence-electron chi connectivity index (χ3n) is 1.66. The van der Waals surface area contributed by atoms with Crippen LogP contribution in [-0.4, -0.2) is 6.79 Å². The number of hydrogen-bond donors (Lipinski definition) is 0. The molecule has 1 aromatic carbocycles. The van der Waals surface area contributed by atoms with Gasteiger partial charge >= 0.3 is 0 Å². The number of benzene rings is 1. The van der Waals surface area contributed by atoms with Gasteiger partial charge in [-0.1, -0.05) is 23.8 Å². The van der Waals surface area contributed by atoms with E-state index in [-0.39, 0.29) is 0 Å². The van der Waals surface area contributed by atoms with Gasteiger partial charge in [-0.15, -0.1) is 0 Å². The Bertz CT molecular complexity index is 228. The zero-order chi connectivity index (χ0) is 8.85. The smallest absolute Gasteiger partial charge is 0.106 e. The Morgan fingerprint density at radius 3 is 1.91 bits per heavy atom. The lowest BCUT2D eigenvalue weighted by molar-refractivity contribution is -0.0979. The maximum absolute atomic E-state index is 8.00. The van der Waals surface area contributed by atoms with Gasteiger partial charge in [0.1, 0.15) is 6.79 Å². The minimum atomic E-state index is 1.35. The fourth-order valence-electron chi connectivity index (χ4n) is 0.891. The molecule has 1 rings (SSSR count). The molecule has 11 heavy (non-hydrogen) atoms. The highest BCUT2D eigenvalue weighted by molar-refractivity contribution is 5.28. The maximum atomic E-state index is 8.00. The Morgan fingerprint density at radius 1 is 1.00 bits per heavy atom. The van der Waals surface area contributed by atoms with Crippen LogP contribution >= 0.6 is 0 Å². The normalized spacial score (nSPS) is 8.27. The van der Waals surface area contributed by atoms with Crippen molar-refractivity contribution >= 4 is 6.79 Å². The zero-order valence-corrected chi connectivity index (χ0v) is 7.35. The van der Waals surface area contributed by atoms with E-state index in [2.05, 4.69) is 39.0 Å². The van der Waals surface area contributed by atoms with Gasteiger partial charge in [-0.05, 0) is 31.9 Å². The summed E-state index contributed by atoms with van der Waals surface area (Å²) < 4.78 is 0. The topological polar surface area (TPSA) is 17.1 Å². The van der Waals surface area contributed by atoms with E-state index in [1.165, 1.54) is 16.7 Å². The predicted molar refractivity (Wildman–Crippen MR) is 47.8 cm³/mol. The van der Waals surface area contributed by atoms with Crippen LogP contribution in [0.1, 0.15) is 16.7 Å². The van der Waals surface area contributed by atoms with Crippen LogP contribution in [0.25, 0.3) is 0 Å². The van der Waals surface area contributed by atoms with E-state index in [9.17, 15) is 0 Å². The summed E-state index contributed by atoms with van der Waals surface area (Å²) in [5.41, 5.74) is 4.11. The number of rotatable bonds is 0. The summed E-state index contributed by atoms with van der Waals surface area (Å²) in [5, 5.41) is 0. The fraction of sp³-hybridized carbons (Fsp3) is 0.300. The van der Waals surface area contributed by atoms with Crippen molar-refractivity contribution in [2.45, 2.75) is 20.8 Å². The second-order valence-corrected chi connectivity index (χ2v) is 2.59. The predicted octanol–water partition coefficient (Wildman–Crippen LogP) is 2.43. The van der Waals surface area contributed by atoms with Gasteiger partial charge in [0.05, 0.1) is 0 Å². The van der Waals surface area contributed by atoms with Crippen molar-refractivity contribution in [2.24, 2.45) is 0 Å². The van der Waals surface area contributed by atoms with E-state index in [4.69, 9.17) is 4.79 Å². The second kappa shape index (κ2) is 4.67. The molecule has 0 heterocycles. The average molecular weight is 150 g/mol. The Hall–Kier alpha value is -1.11. The van der Waals surface area contributed by atoms with Gasteiger partial charge in [0, 0.05) is 0 Å². The molecule has 0 radical (unpaired) electrons. The average Bonchev–Trinajstić information content (AvgIpc) is 2.02. The molecule has 0 fully saturated rings. The summed E-state index contributed by atoms with van der Waals surface area (Å²) in [5.74, 6) is 0. The highest BCUT2D eigenvalue weighted by atomic mass is 16.1. The maximum Gasteiger partial charge on any atom is 0.106 e. The molecule has 0 saturated carbocycles. The first-order valence-electron chi connectivity index (χ1n) is 3.53. The lowest BCUT2D eigenvalue weighted by atomic mass is 10.1. The lowest BCUT2D eigenvalue weighted by Crippen LogP contribution is -1.79. The lowest BCUT2D eigenvalue weighted by Gasteiger charge is -1.98. The van der Waals surface area contributed by atoms with E-state index in [1.54, 1.807) is 0 Å². The van der Waals surface area contributed by atoms with E-state index >= 15 is 0 Å². The Balaban J connectivity index is 0.000000461. The molecule has 1 heteroatoms. The summed E-state index contributed by atoms with van der Waals surface area (Å²) in [6, 6.07) is 6.50. The quantitative estimate of drug-likeness (QED) is 0.555. The molecule has 0 amide bonds. The highest BCUT2D eigenvalue weighted by Crippen LogP contribution is 2.07. The Kier molecular flexibility index (Phi) is 4.20. The van der Waals surface area contributed by atoms with Gasteiger partial charge in [-0.25, -0.2) is 0 Å². The molecular formula is C10H14O. The van der Waals surface area contributed by atoms with Crippen molar-refractivity contribution in [2.75, 3.05) is 0 Å². The van der Waals surface area contributed by atoms with Crippen LogP contribution in [0.4, 0.5) is 0 Å². The molecule has 1 aromatic rings. The number of carbonyl (C=O) groups excluding carboxylic acids is 1. The van der Waals surface area contributed by atoms with Gasteiger partial charge in [0.15, 0.2) is 0 Å². The van der Waals surface area contributed by atoms with Gasteiger partial charge in [0.2, 0.25) is 0 Å². The van der Waals surface area contributed by atoms with E-state index in [0.29, 0.717) is 0 Å². The molecule has 0 unspecified atom stereocenters. The molecule has 0 atom stereocenters. The third-order valence-corrected chi connectivity index (χ3v) is 1.66. The minimum absolute atomic E-state index is 1.35. The highest BCUT2D eigenvalue weighted by Gasteiger charge is 1.89. The molecule has 0 bridgehead atoms. The molecule has 0 aliphatic rings. The van der Waals surface area contributed by atoms with Crippen LogP contribution in [0, 0.1) is 20.8 Å². The summed E-state index contributed by atoms with van der Waals surface area (Å²) in [6.45, 7) is 8.39. The molecular weight excluding hydrogens is 136 g/mol. The van der Waals surface area contributed by atoms with Gasteiger partial charge < -0.3 is 4.79 Å². The first-order valence-corrected chi connectivity index (χ1v) is 3.53. The van der Waals surface area contributed by atoms with E-state index < -0.39 is 0 Å². The standard InChI is InChI=1S/C9H12.CH2O/c1-7-4-5-8(2)9(3)6-7;1-2/h4-6H,1-3H3;1H2. The fourth-order valence-corrected chi connectivity index (χ4v) is 0.891. The van der Waals surface area contributed by atoms with Gasteiger partial charge in [-0.3, -0.25) is 0 Å². The van der Waals surface area contributed by atoms with E-state index in [1.807, 2.05) is 6.79 Å². The first kappa shape index (κ1) is 9.89. The minimum Gasteiger partial charge on any atom is -0.307 e. The van der Waals surface area contributed by atoms with Crippen molar-refractivity contribution in [1.29, 1.82) is 0 Å². The van der Waals surface area contributed by atoms with Crippen molar-refractivity contribution in [3.63, 3.8) is 0 Å². The molecule has 0 saturated heterocycles. The van der Waals surface area contributed by atoms with Crippen LogP contribution < -0.4 is 0 Å². The first-order chi connectivity index (χ1) is 5.20. The molecule has 0 aliphatic heterocycles. The van der Waals surface area contributed by atoms with Crippen molar-refractivity contribution in [1.82, 2.24) is 0 Å². The number of aryl methyl sites for hydroxylation is 3. The van der Waals surface area contributed by atoms with E-state index in [0.717, 1.165) is 0 Å². The number of carbonyl (C=O) groups is 1. The summed E-state index contributed by atoms with van der Waals surface area (Å²) >= 11 is 0. The molecule has 0 aromatic heterocycles. The number of hydrogen-bond acceptors (Lipinski definition) is 1. The molecule has 1 nitrogen and oxygen atoms in total. The van der Waals surface area contributed by atoms with Crippen LogP contribution in [0.2, 0.25) is 0 Å². The van der Waals surface area contributed by atoms with Crippen LogP contribution in [0.5, 0.6) is 0 Å². The SMILES string of the molecule is C=O.Cc1ccc(C)c(C)c1. The molecule has 0 aliphatic carbocycles. The van der Waals surface area contributed by atoms with Crippen molar-refractivity contribution < 1.29 is 4.79 Å². The summed E-state index contributed by atoms with van der Waals surface area (Å²) in [4.78, 5) is 8.00. The van der Waals surface area contributed by atoms with Crippen LogP contribution in [0.3, 0.4) is 0 Å².